The molecule has 1 nitrogen and oxygen atoms in total. The van der Waals surface area contributed by atoms with Crippen LogP contribution in [0.15, 0.2) is 54.7 Å². The summed E-state index contributed by atoms with van der Waals surface area (Å²) in [6, 6.07) is 17.0. The number of para-hydroxylation sites is 1. The predicted molar refractivity (Wildman–Crippen MR) is 62.6 cm³/mol. The first-order chi connectivity index (χ1) is 7.36. The van der Waals surface area contributed by atoms with Gasteiger partial charge in [0.05, 0.1) is 5.39 Å². The van der Waals surface area contributed by atoms with Crippen LogP contribution in [0.5, 0.6) is 0 Å². The average molecular weight is 230 g/mol. The van der Waals surface area contributed by atoms with E-state index in [-0.39, 0.29) is 12.4 Å². The second kappa shape index (κ2) is 4.11. The van der Waals surface area contributed by atoms with Gasteiger partial charge in [0.2, 0.25) is 5.52 Å². The fourth-order valence-corrected chi connectivity index (χ4v) is 2.14. The minimum atomic E-state index is 0. The molecule has 0 N–H and O–H groups in total. The number of aromatic nitrogens is 1. The van der Waals surface area contributed by atoms with Gasteiger partial charge in [-0.1, -0.05) is 30.3 Å². The fraction of sp³-hybridized carbons (Fsp3) is 0.0714. The molecule has 0 atom stereocenters. The molecule has 80 valence electrons. The van der Waals surface area contributed by atoms with Crippen molar-refractivity contribution in [2.24, 2.45) is 7.05 Å². The van der Waals surface area contributed by atoms with Crippen molar-refractivity contribution in [1.82, 2.24) is 0 Å². The molecule has 0 radical (unpaired) electrons. The van der Waals surface area contributed by atoms with Crippen molar-refractivity contribution in [3.63, 3.8) is 0 Å². The molecular formula is C14H12ClN. The normalized spacial score (nSPS) is 10.3. The van der Waals surface area contributed by atoms with Crippen molar-refractivity contribution in [3.8, 4) is 0 Å². The Hall–Kier alpha value is -1.60. The van der Waals surface area contributed by atoms with Gasteiger partial charge in [-0.15, -0.1) is 0 Å². The van der Waals surface area contributed by atoms with Crippen LogP contribution in [0.2, 0.25) is 0 Å². The Morgan fingerprint density at radius 2 is 1.44 bits per heavy atom. The summed E-state index contributed by atoms with van der Waals surface area (Å²) in [6.07, 6.45) is 2.18. The third kappa shape index (κ3) is 1.54. The van der Waals surface area contributed by atoms with E-state index in [2.05, 4.69) is 66.3 Å². The van der Waals surface area contributed by atoms with Gasteiger partial charge in [-0.25, -0.2) is 4.57 Å². The lowest BCUT2D eigenvalue weighted by atomic mass is 10.1. The summed E-state index contributed by atoms with van der Waals surface area (Å²) in [5.41, 5.74) is 1.27. The summed E-state index contributed by atoms with van der Waals surface area (Å²) in [5, 5.41) is 3.93. The first kappa shape index (κ1) is 10.9. The SMILES string of the molecule is C[n+]1cc2ccccc2c2ccccc21.[Cl-]. The number of nitrogens with zero attached hydrogens (tertiary/aromatic N) is 1. The van der Waals surface area contributed by atoms with Gasteiger partial charge in [0, 0.05) is 16.8 Å². The molecule has 0 unspecified atom stereocenters. The Balaban J connectivity index is 0.000000963. The highest BCUT2D eigenvalue weighted by atomic mass is 35.5. The van der Waals surface area contributed by atoms with E-state index in [0.717, 1.165) is 0 Å². The first-order valence-electron chi connectivity index (χ1n) is 5.12. The zero-order valence-corrected chi connectivity index (χ0v) is 9.78. The highest BCUT2D eigenvalue weighted by Gasteiger charge is 2.07. The highest BCUT2D eigenvalue weighted by Crippen LogP contribution is 2.21. The molecule has 0 saturated carbocycles. The van der Waals surface area contributed by atoms with E-state index in [4.69, 9.17) is 0 Å². The minimum Gasteiger partial charge on any atom is -1.00 e. The van der Waals surface area contributed by atoms with Crippen molar-refractivity contribution in [3.05, 3.63) is 54.7 Å². The summed E-state index contributed by atoms with van der Waals surface area (Å²) < 4.78 is 2.18. The maximum atomic E-state index is 2.18. The summed E-state index contributed by atoms with van der Waals surface area (Å²) in [4.78, 5) is 0. The van der Waals surface area contributed by atoms with Crippen molar-refractivity contribution in [1.29, 1.82) is 0 Å². The molecule has 1 aromatic heterocycles. The molecule has 0 aliphatic heterocycles. The number of halogens is 1. The van der Waals surface area contributed by atoms with E-state index in [1.54, 1.807) is 0 Å². The monoisotopic (exact) mass is 229 g/mol. The second-order valence-corrected chi connectivity index (χ2v) is 3.84. The number of benzene rings is 2. The average Bonchev–Trinajstić information content (AvgIpc) is 2.30. The lowest BCUT2D eigenvalue weighted by Gasteiger charge is -2.01. The van der Waals surface area contributed by atoms with Crippen LogP contribution < -0.4 is 17.0 Å². The van der Waals surface area contributed by atoms with Crippen LogP contribution >= 0.6 is 0 Å². The van der Waals surface area contributed by atoms with Gasteiger partial charge in [-0.05, 0) is 12.1 Å². The van der Waals surface area contributed by atoms with Crippen LogP contribution in [0.4, 0.5) is 0 Å². The van der Waals surface area contributed by atoms with E-state index in [1.165, 1.54) is 21.7 Å². The molecular weight excluding hydrogens is 218 g/mol. The van der Waals surface area contributed by atoms with Gasteiger partial charge >= 0.3 is 0 Å². The zero-order chi connectivity index (χ0) is 10.3. The predicted octanol–water partition coefficient (Wildman–Crippen LogP) is -0.179. The summed E-state index contributed by atoms with van der Waals surface area (Å²) in [7, 11) is 2.09. The van der Waals surface area contributed by atoms with Crippen LogP contribution in [0, 0.1) is 0 Å². The van der Waals surface area contributed by atoms with E-state index >= 15 is 0 Å². The maximum Gasteiger partial charge on any atom is 0.212 e. The number of aryl methyl sites for hydroxylation is 1. The quantitative estimate of drug-likeness (QED) is 0.372. The molecule has 0 saturated heterocycles. The van der Waals surface area contributed by atoms with Crippen LogP contribution in [0.25, 0.3) is 21.7 Å². The lowest BCUT2D eigenvalue weighted by molar-refractivity contribution is -0.643. The smallest absolute Gasteiger partial charge is 0.212 e. The molecule has 0 aliphatic carbocycles. The lowest BCUT2D eigenvalue weighted by Crippen LogP contribution is -3.00. The maximum absolute atomic E-state index is 2.18. The second-order valence-electron chi connectivity index (χ2n) is 3.84. The first-order valence-corrected chi connectivity index (χ1v) is 5.12. The molecule has 2 heteroatoms. The van der Waals surface area contributed by atoms with Crippen molar-refractivity contribution < 1.29 is 17.0 Å². The Labute approximate surface area is 101 Å². The summed E-state index contributed by atoms with van der Waals surface area (Å²) >= 11 is 0. The van der Waals surface area contributed by atoms with Crippen molar-refractivity contribution >= 4 is 21.7 Å². The van der Waals surface area contributed by atoms with Gasteiger partial charge in [-0.3, -0.25) is 0 Å². The molecule has 0 fully saturated rings. The number of rotatable bonds is 0. The Kier molecular flexibility index (Phi) is 2.80. The number of hydrogen-bond donors (Lipinski definition) is 0. The van der Waals surface area contributed by atoms with Crippen LogP contribution in [0.1, 0.15) is 0 Å². The van der Waals surface area contributed by atoms with Gasteiger partial charge in [-0.2, -0.15) is 0 Å². The highest BCUT2D eigenvalue weighted by molar-refractivity contribution is 6.03. The Bertz CT molecular complexity index is 646. The molecule has 3 rings (SSSR count). The number of fused-ring (bicyclic) bond motifs is 3. The van der Waals surface area contributed by atoms with Crippen molar-refractivity contribution in [2.45, 2.75) is 0 Å². The topological polar surface area (TPSA) is 3.88 Å². The van der Waals surface area contributed by atoms with E-state index < -0.39 is 0 Å². The van der Waals surface area contributed by atoms with Gasteiger partial charge in [0.25, 0.3) is 0 Å². The number of pyridine rings is 1. The summed E-state index contributed by atoms with van der Waals surface area (Å²) in [6.45, 7) is 0. The third-order valence-electron chi connectivity index (χ3n) is 2.87. The fourth-order valence-electron chi connectivity index (χ4n) is 2.14. The van der Waals surface area contributed by atoms with Gasteiger partial charge in [0.1, 0.15) is 7.05 Å². The molecule has 0 amide bonds. The van der Waals surface area contributed by atoms with E-state index in [0.29, 0.717) is 0 Å². The standard InChI is InChI=1S/C14H12N.ClH/c1-15-10-11-6-2-3-7-12(11)13-8-4-5-9-14(13)15;/h2-10H,1H3;1H/q+1;/p-1. The molecule has 0 spiro atoms. The summed E-state index contributed by atoms with van der Waals surface area (Å²) in [5.74, 6) is 0. The minimum absolute atomic E-state index is 0. The Morgan fingerprint density at radius 3 is 2.25 bits per heavy atom. The Morgan fingerprint density at radius 1 is 0.812 bits per heavy atom. The van der Waals surface area contributed by atoms with E-state index in [9.17, 15) is 0 Å². The van der Waals surface area contributed by atoms with Crippen LogP contribution in [-0.2, 0) is 7.05 Å². The third-order valence-corrected chi connectivity index (χ3v) is 2.87. The van der Waals surface area contributed by atoms with Crippen LogP contribution in [0.3, 0.4) is 0 Å². The molecule has 0 bridgehead atoms. The molecule has 1 heterocycles. The molecule has 16 heavy (non-hydrogen) atoms. The largest absolute Gasteiger partial charge is 1.00 e. The van der Waals surface area contributed by atoms with Crippen LogP contribution in [-0.4, -0.2) is 0 Å². The molecule has 2 aromatic carbocycles. The molecule has 0 aliphatic rings. The van der Waals surface area contributed by atoms with E-state index in [1.807, 2.05) is 0 Å². The van der Waals surface area contributed by atoms with Gasteiger partial charge < -0.3 is 12.4 Å². The zero-order valence-electron chi connectivity index (χ0n) is 9.02. The number of hydrogen-bond acceptors (Lipinski definition) is 0. The van der Waals surface area contributed by atoms with Crippen molar-refractivity contribution in [2.75, 3.05) is 0 Å². The van der Waals surface area contributed by atoms with Gasteiger partial charge in [0.15, 0.2) is 6.20 Å². The molecule has 3 aromatic rings.